The van der Waals surface area contributed by atoms with Crippen LogP contribution < -0.4 is 10.6 Å². The van der Waals surface area contributed by atoms with E-state index in [0.717, 1.165) is 0 Å². The molecule has 0 aliphatic rings. The van der Waals surface area contributed by atoms with Crippen molar-refractivity contribution >= 4 is 35.0 Å². The normalized spacial score (nSPS) is 11.3. The van der Waals surface area contributed by atoms with E-state index in [4.69, 9.17) is 33.5 Å². The molecule has 160 valence electrons. The van der Waals surface area contributed by atoms with Gasteiger partial charge in [0.15, 0.2) is 5.82 Å². The number of alkyl halides is 2. The van der Waals surface area contributed by atoms with Gasteiger partial charge in [0.1, 0.15) is 5.75 Å². The lowest BCUT2D eigenvalue weighted by molar-refractivity contribution is -0.0498. The Labute approximate surface area is 188 Å². The molecule has 2 aromatic heterocycles. The third-order valence-electron chi connectivity index (χ3n) is 3.96. The summed E-state index contributed by atoms with van der Waals surface area (Å²) in [5.74, 6) is 7.34. The molecule has 0 fully saturated rings. The Morgan fingerprint density at radius 1 is 1.06 bits per heavy atom. The summed E-state index contributed by atoms with van der Waals surface area (Å²) in [6.07, 6.45) is 0. The Hall–Kier alpha value is -2.89. The maximum atomic E-state index is 12.3. The van der Waals surface area contributed by atoms with Crippen LogP contribution in [0.2, 0.25) is 10.0 Å². The van der Waals surface area contributed by atoms with E-state index in [1.165, 1.54) is 28.6 Å². The summed E-state index contributed by atoms with van der Waals surface area (Å²) in [5.41, 5.74) is 1.15. The van der Waals surface area contributed by atoms with Gasteiger partial charge >= 0.3 is 6.61 Å². The Kier molecular flexibility index (Phi) is 6.25. The van der Waals surface area contributed by atoms with Crippen LogP contribution in [0.3, 0.4) is 0 Å². The van der Waals surface area contributed by atoms with Crippen molar-refractivity contribution in [3.05, 3.63) is 58.4 Å². The molecule has 4 rings (SSSR count). The molecule has 0 aliphatic carbocycles. The minimum Gasteiger partial charge on any atom is -0.435 e. The van der Waals surface area contributed by atoms with Crippen LogP contribution >= 0.6 is 35.0 Å². The second-order valence-corrected chi connectivity index (χ2v) is 7.78. The number of aromatic nitrogens is 5. The third kappa shape index (κ3) is 4.89. The lowest BCUT2D eigenvalue weighted by Crippen LogP contribution is -2.11. The van der Waals surface area contributed by atoms with Crippen molar-refractivity contribution in [1.82, 2.24) is 25.1 Å². The SMILES string of the molecule is Nn1c(SCc2nnc(-c3ccc(Cl)cc3Cl)o2)nnc1-c1ccc(OC(F)F)cc1. The van der Waals surface area contributed by atoms with Crippen LogP contribution in [0.25, 0.3) is 22.8 Å². The zero-order valence-corrected chi connectivity index (χ0v) is 17.7. The molecular weight excluding hydrogens is 473 g/mol. The van der Waals surface area contributed by atoms with Gasteiger partial charge in [-0.15, -0.1) is 20.4 Å². The topological polar surface area (TPSA) is 105 Å². The van der Waals surface area contributed by atoms with E-state index in [1.54, 1.807) is 30.3 Å². The minimum absolute atomic E-state index is 0.0319. The van der Waals surface area contributed by atoms with E-state index in [2.05, 4.69) is 25.1 Å². The highest BCUT2D eigenvalue weighted by Crippen LogP contribution is 2.31. The van der Waals surface area contributed by atoms with Crippen molar-refractivity contribution in [3.8, 4) is 28.6 Å². The minimum atomic E-state index is -2.90. The first-order valence-electron chi connectivity index (χ1n) is 8.57. The number of rotatable bonds is 7. The zero-order valence-electron chi connectivity index (χ0n) is 15.4. The quantitative estimate of drug-likeness (QED) is 0.291. The van der Waals surface area contributed by atoms with Gasteiger partial charge in [-0.25, -0.2) is 4.68 Å². The molecule has 2 aromatic carbocycles. The number of nitrogens with zero attached hydrogens (tertiary/aromatic N) is 5. The lowest BCUT2D eigenvalue weighted by Gasteiger charge is -2.06. The first-order valence-corrected chi connectivity index (χ1v) is 10.3. The highest BCUT2D eigenvalue weighted by molar-refractivity contribution is 7.98. The van der Waals surface area contributed by atoms with Crippen LogP contribution in [0.15, 0.2) is 52.0 Å². The van der Waals surface area contributed by atoms with Crippen molar-refractivity contribution in [3.63, 3.8) is 0 Å². The maximum Gasteiger partial charge on any atom is 0.387 e. The fourth-order valence-electron chi connectivity index (χ4n) is 2.57. The van der Waals surface area contributed by atoms with E-state index in [9.17, 15) is 8.78 Å². The molecule has 31 heavy (non-hydrogen) atoms. The van der Waals surface area contributed by atoms with Crippen LogP contribution in [0.5, 0.6) is 5.75 Å². The smallest absolute Gasteiger partial charge is 0.387 e. The van der Waals surface area contributed by atoms with Gasteiger partial charge in [0.05, 0.1) is 16.3 Å². The molecule has 2 heterocycles. The zero-order chi connectivity index (χ0) is 22.0. The van der Waals surface area contributed by atoms with E-state index in [0.29, 0.717) is 38.0 Å². The number of hydrogen-bond donors (Lipinski definition) is 1. The van der Waals surface area contributed by atoms with Crippen LogP contribution in [-0.2, 0) is 5.75 Å². The van der Waals surface area contributed by atoms with Crippen LogP contribution in [-0.4, -0.2) is 31.7 Å². The number of nitrogen functional groups attached to an aromatic ring is 1. The van der Waals surface area contributed by atoms with Crippen molar-refractivity contribution in [2.24, 2.45) is 0 Å². The van der Waals surface area contributed by atoms with Crippen molar-refractivity contribution in [2.45, 2.75) is 17.5 Å². The number of halogens is 4. The fraction of sp³-hybridized carbons (Fsp3) is 0.111. The summed E-state index contributed by atoms with van der Waals surface area (Å²) in [6, 6.07) is 10.8. The number of ether oxygens (including phenoxy) is 1. The van der Waals surface area contributed by atoms with Crippen molar-refractivity contribution < 1.29 is 17.9 Å². The molecule has 0 radical (unpaired) electrons. The van der Waals surface area contributed by atoms with Gasteiger partial charge in [-0.2, -0.15) is 8.78 Å². The van der Waals surface area contributed by atoms with Crippen LogP contribution in [0.4, 0.5) is 8.78 Å². The number of hydrogen-bond acceptors (Lipinski definition) is 8. The molecule has 0 saturated carbocycles. The highest BCUT2D eigenvalue weighted by atomic mass is 35.5. The van der Waals surface area contributed by atoms with Crippen molar-refractivity contribution in [2.75, 3.05) is 5.84 Å². The van der Waals surface area contributed by atoms with Gasteiger partial charge in [0.25, 0.3) is 0 Å². The van der Waals surface area contributed by atoms with Crippen molar-refractivity contribution in [1.29, 1.82) is 0 Å². The summed E-state index contributed by atoms with van der Waals surface area (Å²) < 4.78 is 35.8. The second kappa shape index (κ2) is 9.08. The first-order chi connectivity index (χ1) is 14.9. The predicted molar refractivity (Wildman–Crippen MR) is 112 cm³/mol. The van der Waals surface area contributed by atoms with Gasteiger partial charge in [-0.05, 0) is 42.5 Å². The monoisotopic (exact) mass is 484 g/mol. The van der Waals surface area contributed by atoms with Gasteiger partial charge in [-0.1, -0.05) is 35.0 Å². The van der Waals surface area contributed by atoms with E-state index in [1.807, 2.05) is 0 Å². The standard InChI is InChI=1S/C18H12Cl2F2N6O2S/c19-10-3-6-12(13(20)7-10)16-26-24-14(30-16)8-31-18-27-25-15(28(18)23)9-1-4-11(5-2-9)29-17(21)22/h1-7,17H,8,23H2. The second-order valence-electron chi connectivity index (χ2n) is 5.99. The molecule has 0 atom stereocenters. The molecule has 0 amide bonds. The van der Waals surface area contributed by atoms with E-state index < -0.39 is 6.61 Å². The van der Waals surface area contributed by atoms with Crippen LogP contribution in [0, 0.1) is 0 Å². The van der Waals surface area contributed by atoms with Gasteiger partial charge in [0.2, 0.25) is 16.9 Å². The molecular formula is C18H12Cl2F2N6O2S. The summed E-state index contributed by atoms with van der Waals surface area (Å²) in [5, 5.41) is 17.4. The Morgan fingerprint density at radius 2 is 1.84 bits per heavy atom. The molecule has 0 unspecified atom stereocenters. The molecule has 8 nitrogen and oxygen atoms in total. The first kappa shape index (κ1) is 21.3. The lowest BCUT2D eigenvalue weighted by atomic mass is 10.2. The molecule has 0 bridgehead atoms. The van der Waals surface area contributed by atoms with E-state index >= 15 is 0 Å². The maximum absolute atomic E-state index is 12.3. The molecule has 0 saturated heterocycles. The van der Waals surface area contributed by atoms with E-state index in [-0.39, 0.29) is 17.4 Å². The van der Waals surface area contributed by atoms with Crippen LogP contribution in [0.1, 0.15) is 5.89 Å². The summed E-state index contributed by atoms with van der Waals surface area (Å²) in [4.78, 5) is 0. The Morgan fingerprint density at radius 3 is 2.55 bits per heavy atom. The number of nitrogens with two attached hydrogens (primary N) is 1. The molecule has 13 heteroatoms. The highest BCUT2D eigenvalue weighted by Gasteiger charge is 2.16. The molecule has 0 spiro atoms. The van der Waals surface area contributed by atoms with Gasteiger partial charge in [0, 0.05) is 10.6 Å². The number of benzene rings is 2. The summed E-state index contributed by atoms with van der Waals surface area (Å²) in [7, 11) is 0. The summed E-state index contributed by atoms with van der Waals surface area (Å²) >= 11 is 13.3. The largest absolute Gasteiger partial charge is 0.435 e. The Bertz CT molecular complexity index is 1200. The van der Waals surface area contributed by atoms with Gasteiger partial charge in [-0.3, -0.25) is 0 Å². The Balaban J connectivity index is 1.44. The van der Waals surface area contributed by atoms with Gasteiger partial charge < -0.3 is 15.0 Å². The average molecular weight is 485 g/mol. The average Bonchev–Trinajstić information content (AvgIpc) is 3.33. The summed E-state index contributed by atoms with van der Waals surface area (Å²) in [6.45, 7) is -2.90. The molecule has 0 aliphatic heterocycles. The predicted octanol–water partition coefficient (Wildman–Crippen LogP) is 4.91. The molecule has 4 aromatic rings. The molecule has 2 N–H and O–H groups in total. The number of thioether (sulfide) groups is 1. The fourth-order valence-corrected chi connectivity index (χ4v) is 3.75. The third-order valence-corrected chi connectivity index (χ3v) is 5.43.